The van der Waals surface area contributed by atoms with Crippen LogP contribution in [0.25, 0.3) is 10.4 Å². The van der Waals surface area contributed by atoms with Crippen molar-refractivity contribution >= 4 is 0 Å². The Kier molecular flexibility index (Phi) is 4.02. The van der Waals surface area contributed by atoms with Gasteiger partial charge in [0.2, 0.25) is 0 Å². The van der Waals surface area contributed by atoms with Crippen LogP contribution in [0.1, 0.15) is 25.0 Å². The lowest BCUT2D eigenvalue weighted by Gasteiger charge is -2.05. The molecular weight excluding hydrogens is 174 g/mol. The molecule has 74 valence electrons. The predicted octanol–water partition coefficient (Wildman–Crippen LogP) is 3.70. The average molecular weight is 189 g/mol. The molecule has 0 spiro atoms. The van der Waals surface area contributed by atoms with E-state index in [9.17, 15) is 0 Å². The third-order valence-corrected chi connectivity index (χ3v) is 1.95. The van der Waals surface area contributed by atoms with Gasteiger partial charge in [0.25, 0.3) is 0 Å². The van der Waals surface area contributed by atoms with E-state index in [0.717, 1.165) is 12.0 Å². The number of benzene rings is 1. The highest BCUT2D eigenvalue weighted by atomic mass is 15.1. The van der Waals surface area contributed by atoms with Gasteiger partial charge >= 0.3 is 0 Å². The van der Waals surface area contributed by atoms with Gasteiger partial charge in [-0.15, -0.1) is 0 Å². The minimum absolute atomic E-state index is 0.447. The molecule has 1 aromatic rings. The molecule has 0 N–H and O–H groups in total. The van der Waals surface area contributed by atoms with Crippen molar-refractivity contribution in [1.29, 1.82) is 0 Å². The first-order valence-corrected chi connectivity index (χ1v) is 4.81. The molecule has 0 unspecified atom stereocenters. The zero-order valence-electron chi connectivity index (χ0n) is 8.64. The van der Waals surface area contributed by atoms with Gasteiger partial charge < -0.3 is 0 Å². The summed E-state index contributed by atoms with van der Waals surface area (Å²) < 4.78 is 0. The molecule has 1 rings (SSSR count). The Bertz CT molecular complexity index is 338. The van der Waals surface area contributed by atoms with Gasteiger partial charge in [-0.25, -0.2) is 0 Å². The van der Waals surface area contributed by atoms with Crippen molar-refractivity contribution in [1.82, 2.24) is 0 Å². The third kappa shape index (κ3) is 3.50. The van der Waals surface area contributed by atoms with Crippen LogP contribution in [-0.4, -0.2) is 0 Å². The topological polar surface area (TPSA) is 48.8 Å². The van der Waals surface area contributed by atoms with Crippen LogP contribution in [0, 0.1) is 5.92 Å². The molecule has 0 saturated heterocycles. The molecule has 0 heterocycles. The summed E-state index contributed by atoms with van der Waals surface area (Å²) in [4.78, 5) is 2.75. The molecule has 0 aliphatic heterocycles. The Morgan fingerprint density at radius 1 is 1.36 bits per heavy atom. The van der Waals surface area contributed by atoms with Crippen molar-refractivity contribution in [3.05, 3.63) is 45.8 Å². The number of hydrogen-bond acceptors (Lipinski definition) is 1. The van der Waals surface area contributed by atoms with Crippen LogP contribution in [0.15, 0.2) is 29.4 Å². The molecule has 0 aliphatic rings. The predicted molar refractivity (Wildman–Crippen MR) is 57.8 cm³/mol. The SMILES string of the molecule is CC(C)Cc1cccc(CN=[N+]=[N-])c1. The maximum absolute atomic E-state index is 8.20. The standard InChI is InChI=1S/C11H15N3/c1-9(2)6-10-4-3-5-11(7-10)8-13-14-12/h3-5,7,9H,6,8H2,1-2H3. The first-order chi connectivity index (χ1) is 6.72. The van der Waals surface area contributed by atoms with Crippen LogP contribution in [0.4, 0.5) is 0 Å². The summed E-state index contributed by atoms with van der Waals surface area (Å²) >= 11 is 0. The summed E-state index contributed by atoms with van der Waals surface area (Å²) in [5.41, 5.74) is 10.6. The summed E-state index contributed by atoms with van der Waals surface area (Å²) in [6.07, 6.45) is 1.07. The van der Waals surface area contributed by atoms with E-state index >= 15 is 0 Å². The molecule has 1 aromatic carbocycles. The van der Waals surface area contributed by atoms with Crippen LogP contribution in [-0.2, 0) is 13.0 Å². The van der Waals surface area contributed by atoms with Crippen molar-refractivity contribution in [3.63, 3.8) is 0 Å². The Hall–Kier alpha value is -1.47. The van der Waals surface area contributed by atoms with Crippen LogP contribution in [0.2, 0.25) is 0 Å². The van der Waals surface area contributed by atoms with Gasteiger partial charge in [0, 0.05) is 4.91 Å². The highest BCUT2D eigenvalue weighted by Gasteiger charge is 1.98. The van der Waals surface area contributed by atoms with Gasteiger partial charge in [0.1, 0.15) is 0 Å². The zero-order chi connectivity index (χ0) is 10.4. The van der Waals surface area contributed by atoms with E-state index in [4.69, 9.17) is 5.53 Å². The Morgan fingerprint density at radius 2 is 2.07 bits per heavy atom. The molecule has 3 nitrogen and oxygen atoms in total. The molecular formula is C11H15N3. The van der Waals surface area contributed by atoms with Gasteiger partial charge in [0.15, 0.2) is 0 Å². The van der Waals surface area contributed by atoms with E-state index in [-0.39, 0.29) is 0 Å². The number of azide groups is 1. The molecule has 14 heavy (non-hydrogen) atoms. The zero-order valence-corrected chi connectivity index (χ0v) is 8.64. The summed E-state index contributed by atoms with van der Waals surface area (Å²) in [5.74, 6) is 0.657. The molecule has 0 aliphatic carbocycles. The quantitative estimate of drug-likeness (QED) is 0.394. The lowest BCUT2D eigenvalue weighted by atomic mass is 10.0. The highest BCUT2D eigenvalue weighted by molar-refractivity contribution is 5.23. The molecule has 0 bridgehead atoms. The normalized spacial score (nSPS) is 9.93. The number of nitrogens with zero attached hydrogens (tertiary/aromatic N) is 3. The van der Waals surface area contributed by atoms with Gasteiger partial charge in [-0.05, 0) is 29.0 Å². The molecule has 0 saturated carbocycles. The number of rotatable bonds is 4. The van der Waals surface area contributed by atoms with Crippen LogP contribution < -0.4 is 0 Å². The molecule has 0 aromatic heterocycles. The summed E-state index contributed by atoms with van der Waals surface area (Å²) in [6.45, 7) is 4.84. The molecule has 0 fully saturated rings. The maximum Gasteiger partial charge on any atom is 0.0510 e. The fraction of sp³-hybridized carbons (Fsp3) is 0.455. The van der Waals surface area contributed by atoms with Crippen molar-refractivity contribution in [2.75, 3.05) is 0 Å². The fourth-order valence-corrected chi connectivity index (χ4v) is 1.44. The average Bonchev–Trinajstić information content (AvgIpc) is 2.14. The smallest absolute Gasteiger partial charge is 0.0510 e. The largest absolute Gasteiger partial charge is 0.0893 e. The van der Waals surface area contributed by atoms with E-state index in [1.165, 1.54) is 5.56 Å². The molecule has 0 atom stereocenters. The van der Waals surface area contributed by atoms with Crippen LogP contribution in [0.3, 0.4) is 0 Å². The first-order valence-electron chi connectivity index (χ1n) is 4.81. The third-order valence-electron chi connectivity index (χ3n) is 1.95. The molecule has 3 heteroatoms. The van der Waals surface area contributed by atoms with Crippen molar-refractivity contribution in [3.8, 4) is 0 Å². The van der Waals surface area contributed by atoms with E-state index in [2.05, 4.69) is 36.0 Å². The summed E-state index contributed by atoms with van der Waals surface area (Å²) in [7, 11) is 0. The maximum atomic E-state index is 8.20. The minimum atomic E-state index is 0.447. The Labute approximate surface area is 84.4 Å². The second-order valence-electron chi connectivity index (χ2n) is 3.81. The Morgan fingerprint density at radius 3 is 2.71 bits per heavy atom. The molecule has 0 radical (unpaired) electrons. The van der Waals surface area contributed by atoms with Crippen molar-refractivity contribution in [2.24, 2.45) is 11.0 Å². The van der Waals surface area contributed by atoms with Gasteiger partial charge in [-0.2, -0.15) is 0 Å². The van der Waals surface area contributed by atoms with Crippen molar-refractivity contribution in [2.45, 2.75) is 26.8 Å². The van der Waals surface area contributed by atoms with E-state index in [0.29, 0.717) is 12.5 Å². The summed E-state index contributed by atoms with van der Waals surface area (Å²) in [6, 6.07) is 8.21. The van der Waals surface area contributed by atoms with Gasteiger partial charge in [-0.3, -0.25) is 0 Å². The Balaban J connectivity index is 2.73. The van der Waals surface area contributed by atoms with E-state index < -0.39 is 0 Å². The first kappa shape index (κ1) is 10.6. The highest BCUT2D eigenvalue weighted by Crippen LogP contribution is 2.11. The van der Waals surface area contributed by atoms with Crippen LogP contribution in [0.5, 0.6) is 0 Å². The minimum Gasteiger partial charge on any atom is -0.0893 e. The molecule has 0 amide bonds. The monoisotopic (exact) mass is 189 g/mol. The fourth-order valence-electron chi connectivity index (χ4n) is 1.44. The van der Waals surface area contributed by atoms with Gasteiger partial charge in [0.05, 0.1) is 6.54 Å². The second kappa shape index (κ2) is 5.30. The van der Waals surface area contributed by atoms with E-state index in [1.54, 1.807) is 0 Å². The van der Waals surface area contributed by atoms with E-state index in [1.807, 2.05) is 12.1 Å². The van der Waals surface area contributed by atoms with Crippen molar-refractivity contribution < 1.29 is 0 Å². The second-order valence-corrected chi connectivity index (χ2v) is 3.81. The van der Waals surface area contributed by atoms with Gasteiger partial charge in [-0.1, -0.05) is 43.2 Å². The lowest BCUT2D eigenvalue weighted by Crippen LogP contribution is -1.94. The number of hydrogen-bond donors (Lipinski definition) is 0. The van der Waals surface area contributed by atoms with Crippen LogP contribution >= 0.6 is 0 Å². The lowest BCUT2D eigenvalue weighted by molar-refractivity contribution is 0.646. The summed E-state index contributed by atoms with van der Waals surface area (Å²) in [5, 5.41) is 3.54.